The highest BCUT2D eigenvalue weighted by Gasteiger charge is 2.39. The lowest BCUT2D eigenvalue weighted by Gasteiger charge is -2.32. The monoisotopic (exact) mass is 417 g/mol. The Labute approximate surface area is 180 Å². The number of H-pyrrole nitrogens is 1. The summed E-state index contributed by atoms with van der Waals surface area (Å²) in [5, 5.41) is 12.6. The summed E-state index contributed by atoms with van der Waals surface area (Å²) in [5.74, 6) is 0.576. The van der Waals surface area contributed by atoms with Crippen molar-refractivity contribution in [3.63, 3.8) is 0 Å². The van der Waals surface area contributed by atoms with Crippen molar-refractivity contribution in [1.82, 2.24) is 10.3 Å². The van der Waals surface area contributed by atoms with Gasteiger partial charge in [-0.3, -0.25) is 4.79 Å². The quantitative estimate of drug-likeness (QED) is 0.610. The predicted octanol–water partition coefficient (Wildman–Crippen LogP) is 4.03. The molecule has 3 aromatic rings. The molecule has 1 heterocycles. The van der Waals surface area contributed by atoms with Gasteiger partial charge < -0.3 is 19.8 Å². The van der Waals surface area contributed by atoms with Gasteiger partial charge in [0.25, 0.3) is 0 Å². The molecule has 7 heteroatoms. The third-order valence-electron chi connectivity index (χ3n) is 5.60. The Hall–Kier alpha value is -3.79. The molecule has 1 aliphatic carbocycles. The second-order valence-corrected chi connectivity index (χ2v) is 7.90. The molecule has 0 aliphatic heterocycles. The number of ketones is 1. The fraction of sp³-hybridized carbons (Fsp3) is 0.292. The zero-order valence-electron chi connectivity index (χ0n) is 17.7. The van der Waals surface area contributed by atoms with Crippen molar-refractivity contribution < 1.29 is 19.1 Å². The summed E-state index contributed by atoms with van der Waals surface area (Å²) in [5.41, 5.74) is 3.85. The lowest BCUT2D eigenvalue weighted by molar-refractivity contribution is 0.103. The fourth-order valence-electron chi connectivity index (χ4n) is 4.07. The van der Waals surface area contributed by atoms with Crippen LogP contribution in [0.15, 0.2) is 36.4 Å². The molecule has 4 rings (SSSR count). The number of aromatic nitrogens is 1. The third kappa shape index (κ3) is 3.50. The molecule has 31 heavy (non-hydrogen) atoms. The zero-order valence-corrected chi connectivity index (χ0v) is 17.7. The van der Waals surface area contributed by atoms with E-state index in [2.05, 4.69) is 30.2 Å². The molecule has 1 amide bonds. The minimum atomic E-state index is -0.478. The van der Waals surface area contributed by atoms with E-state index in [0.29, 0.717) is 35.6 Å². The molecule has 7 nitrogen and oxygen atoms in total. The van der Waals surface area contributed by atoms with E-state index in [4.69, 9.17) is 9.47 Å². The molecular weight excluding hydrogens is 394 g/mol. The van der Waals surface area contributed by atoms with E-state index < -0.39 is 11.5 Å². The first-order chi connectivity index (χ1) is 14.9. The molecule has 0 bridgehead atoms. The van der Waals surface area contributed by atoms with Crippen LogP contribution in [0, 0.1) is 11.3 Å². The molecule has 1 aromatic heterocycles. The second kappa shape index (κ2) is 7.80. The fourth-order valence-corrected chi connectivity index (χ4v) is 4.07. The van der Waals surface area contributed by atoms with E-state index in [9.17, 15) is 14.9 Å². The van der Waals surface area contributed by atoms with Gasteiger partial charge in [-0.1, -0.05) is 19.9 Å². The normalized spacial score (nSPS) is 13.8. The molecule has 0 radical (unpaired) electrons. The van der Waals surface area contributed by atoms with Crippen molar-refractivity contribution in [3.05, 3.63) is 64.3 Å². The van der Waals surface area contributed by atoms with Gasteiger partial charge in [-0.2, -0.15) is 5.26 Å². The van der Waals surface area contributed by atoms with Crippen molar-refractivity contribution in [2.45, 2.75) is 26.2 Å². The highest BCUT2D eigenvalue weighted by atomic mass is 16.5. The maximum absolute atomic E-state index is 13.3. The summed E-state index contributed by atoms with van der Waals surface area (Å²) in [6.07, 6.45) is -0.478. The van der Waals surface area contributed by atoms with Crippen molar-refractivity contribution in [1.29, 1.82) is 5.26 Å². The lowest BCUT2D eigenvalue weighted by Crippen LogP contribution is -2.30. The minimum Gasteiger partial charge on any atom is -0.492 e. The molecule has 2 N–H and O–H groups in total. The van der Waals surface area contributed by atoms with Gasteiger partial charge >= 0.3 is 6.09 Å². The average Bonchev–Trinajstić information content (AvgIpc) is 3.15. The van der Waals surface area contributed by atoms with Crippen LogP contribution in [-0.4, -0.2) is 36.6 Å². The van der Waals surface area contributed by atoms with Crippen molar-refractivity contribution in [2.75, 3.05) is 19.8 Å². The number of hydrogen-bond donors (Lipinski definition) is 2. The third-order valence-corrected chi connectivity index (χ3v) is 5.60. The van der Waals surface area contributed by atoms with Crippen LogP contribution in [0.25, 0.3) is 10.9 Å². The molecule has 2 aromatic carbocycles. The van der Waals surface area contributed by atoms with E-state index in [1.165, 1.54) is 0 Å². The average molecular weight is 417 g/mol. The number of carbonyl (C=O) groups excluding carboxylic acids is 2. The van der Waals surface area contributed by atoms with Gasteiger partial charge in [0.15, 0.2) is 5.78 Å². The number of nitriles is 1. The van der Waals surface area contributed by atoms with Crippen LogP contribution in [0.1, 0.15) is 53.5 Å². The van der Waals surface area contributed by atoms with Crippen LogP contribution in [0.3, 0.4) is 0 Å². The number of carbonyl (C=O) groups is 2. The predicted molar refractivity (Wildman–Crippen MR) is 116 cm³/mol. The molecule has 0 unspecified atom stereocenters. The van der Waals surface area contributed by atoms with Crippen molar-refractivity contribution in [3.8, 4) is 11.8 Å². The number of hydrogen-bond acceptors (Lipinski definition) is 5. The summed E-state index contributed by atoms with van der Waals surface area (Å²) in [6, 6.07) is 12.9. The maximum Gasteiger partial charge on any atom is 0.407 e. The number of alkyl carbamates (subject to hydrolysis) is 1. The summed E-state index contributed by atoms with van der Waals surface area (Å²) in [6.45, 7) is 6.77. The van der Waals surface area contributed by atoms with Crippen molar-refractivity contribution in [2.24, 2.45) is 0 Å². The number of rotatable bonds is 5. The van der Waals surface area contributed by atoms with E-state index in [-0.39, 0.29) is 12.4 Å². The molecule has 0 atom stereocenters. The van der Waals surface area contributed by atoms with Gasteiger partial charge in [-0.05, 0) is 42.8 Å². The van der Waals surface area contributed by atoms with Crippen LogP contribution in [0.4, 0.5) is 4.79 Å². The number of ether oxygens (including phenoxy) is 2. The minimum absolute atomic E-state index is 0.0455. The smallest absolute Gasteiger partial charge is 0.407 e. The van der Waals surface area contributed by atoms with E-state index in [1.807, 2.05) is 12.1 Å². The van der Waals surface area contributed by atoms with Gasteiger partial charge in [-0.25, -0.2) is 4.79 Å². The summed E-state index contributed by atoms with van der Waals surface area (Å²) in [4.78, 5) is 28.1. The first kappa shape index (κ1) is 20.5. The first-order valence-corrected chi connectivity index (χ1v) is 10.2. The molecular formula is C24H23N3O4. The highest BCUT2D eigenvalue weighted by molar-refractivity contribution is 6.20. The second-order valence-electron chi connectivity index (χ2n) is 7.90. The van der Waals surface area contributed by atoms with Gasteiger partial charge in [0.05, 0.1) is 30.3 Å². The summed E-state index contributed by atoms with van der Waals surface area (Å²) in [7, 11) is 0. The van der Waals surface area contributed by atoms with Crippen LogP contribution >= 0.6 is 0 Å². The molecule has 0 saturated heterocycles. The number of benzene rings is 2. The topological polar surface area (TPSA) is 104 Å². The van der Waals surface area contributed by atoms with Crippen LogP contribution < -0.4 is 10.1 Å². The number of aromatic amines is 1. The van der Waals surface area contributed by atoms with Gasteiger partial charge in [0.1, 0.15) is 12.4 Å². The van der Waals surface area contributed by atoms with Crippen LogP contribution in [0.5, 0.6) is 5.75 Å². The Balaban J connectivity index is 1.63. The highest BCUT2D eigenvalue weighted by Crippen LogP contribution is 2.44. The molecule has 1 aliphatic rings. The Morgan fingerprint density at radius 1 is 1.23 bits per heavy atom. The molecule has 0 saturated carbocycles. The van der Waals surface area contributed by atoms with Crippen LogP contribution in [-0.2, 0) is 10.2 Å². The number of nitrogens with one attached hydrogen (secondary N) is 2. The van der Waals surface area contributed by atoms with Crippen molar-refractivity contribution >= 4 is 22.8 Å². The Kier molecular flexibility index (Phi) is 5.15. The SMILES string of the molecule is CCOC(=O)NCCOc1ccc2c(c1)C(C)(C)c1[nH]c3cc(C#N)ccc3c1C2=O. The zero-order chi connectivity index (χ0) is 22.2. The van der Waals surface area contributed by atoms with E-state index >= 15 is 0 Å². The standard InChI is InChI=1S/C24H23N3O4/c1-4-30-23(29)26-9-10-31-15-6-8-16-18(12-15)24(2,3)22-20(21(16)28)17-7-5-14(13-25)11-19(17)27-22/h5-8,11-12,27H,4,9-10H2,1-3H3,(H,26,29). The van der Waals surface area contributed by atoms with Gasteiger partial charge in [0, 0.05) is 27.6 Å². The largest absolute Gasteiger partial charge is 0.492 e. The summed E-state index contributed by atoms with van der Waals surface area (Å²) >= 11 is 0. The Morgan fingerprint density at radius 3 is 2.77 bits per heavy atom. The molecule has 158 valence electrons. The Morgan fingerprint density at radius 2 is 2.03 bits per heavy atom. The Bertz CT molecular complexity index is 1230. The van der Waals surface area contributed by atoms with Gasteiger partial charge in [-0.15, -0.1) is 0 Å². The number of nitrogens with zero attached hydrogens (tertiary/aromatic N) is 1. The maximum atomic E-state index is 13.3. The van der Waals surface area contributed by atoms with Gasteiger partial charge in [0.2, 0.25) is 0 Å². The first-order valence-electron chi connectivity index (χ1n) is 10.2. The molecule has 0 fully saturated rings. The van der Waals surface area contributed by atoms with Crippen LogP contribution in [0.2, 0.25) is 0 Å². The number of amides is 1. The molecule has 0 spiro atoms. The number of fused-ring (bicyclic) bond motifs is 4. The lowest BCUT2D eigenvalue weighted by atomic mass is 9.71. The van der Waals surface area contributed by atoms with E-state index in [1.54, 1.807) is 31.2 Å². The summed E-state index contributed by atoms with van der Waals surface area (Å²) < 4.78 is 10.6. The van der Waals surface area contributed by atoms with E-state index in [0.717, 1.165) is 22.2 Å².